The number of hydrogen-bond donors (Lipinski definition) is 3. The van der Waals surface area contributed by atoms with Crippen molar-refractivity contribution < 1.29 is 9.90 Å². The fraction of sp³-hybridized carbons (Fsp3) is 0.588. The number of anilines is 1. The van der Waals surface area contributed by atoms with Crippen molar-refractivity contribution in [2.24, 2.45) is 5.41 Å². The van der Waals surface area contributed by atoms with E-state index >= 15 is 0 Å². The first-order valence-corrected chi connectivity index (χ1v) is 7.49. The van der Waals surface area contributed by atoms with Crippen LogP contribution in [0.2, 0.25) is 0 Å². The highest BCUT2D eigenvalue weighted by molar-refractivity contribution is 5.77. The lowest BCUT2D eigenvalue weighted by atomic mass is 9.84. The van der Waals surface area contributed by atoms with Gasteiger partial charge in [0.1, 0.15) is 0 Å². The zero-order chi connectivity index (χ0) is 16.0. The largest absolute Gasteiger partial charge is 0.399 e. The van der Waals surface area contributed by atoms with Crippen LogP contribution in [0.5, 0.6) is 0 Å². The van der Waals surface area contributed by atoms with Crippen LogP contribution in [0.1, 0.15) is 52.0 Å². The number of carbonyl (C=O) groups is 1. The fourth-order valence-electron chi connectivity index (χ4n) is 2.32. The van der Waals surface area contributed by atoms with Crippen LogP contribution < -0.4 is 11.1 Å². The maximum absolute atomic E-state index is 12.2. The topological polar surface area (TPSA) is 75.3 Å². The van der Waals surface area contributed by atoms with Gasteiger partial charge in [-0.3, -0.25) is 4.79 Å². The average molecular weight is 292 g/mol. The van der Waals surface area contributed by atoms with Crippen molar-refractivity contribution in [3.05, 3.63) is 29.8 Å². The van der Waals surface area contributed by atoms with Crippen molar-refractivity contribution >= 4 is 11.6 Å². The van der Waals surface area contributed by atoms with Crippen molar-refractivity contribution in [3.8, 4) is 0 Å². The Kier molecular flexibility index (Phi) is 6.21. The van der Waals surface area contributed by atoms with E-state index in [9.17, 15) is 4.79 Å². The lowest BCUT2D eigenvalue weighted by molar-refractivity contribution is -0.123. The third kappa shape index (κ3) is 5.76. The molecule has 4 N–H and O–H groups in total. The molecule has 0 bridgehead atoms. The van der Waals surface area contributed by atoms with Gasteiger partial charge in [0.15, 0.2) is 0 Å². The molecule has 21 heavy (non-hydrogen) atoms. The second-order valence-corrected chi connectivity index (χ2v) is 6.77. The van der Waals surface area contributed by atoms with E-state index in [1.165, 1.54) is 0 Å². The van der Waals surface area contributed by atoms with E-state index < -0.39 is 0 Å². The SMILES string of the molecule is CC(CC(=O)NC(CCO)C(C)(C)C)c1ccc(N)cc1. The van der Waals surface area contributed by atoms with Crippen LogP contribution >= 0.6 is 0 Å². The van der Waals surface area contributed by atoms with Gasteiger partial charge in [-0.05, 0) is 35.4 Å². The molecule has 2 atom stereocenters. The molecular weight excluding hydrogens is 264 g/mol. The van der Waals surface area contributed by atoms with Crippen molar-refractivity contribution in [3.63, 3.8) is 0 Å². The quantitative estimate of drug-likeness (QED) is 0.706. The highest BCUT2D eigenvalue weighted by Crippen LogP contribution is 2.23. The molecule has 1 aromatic carbocycles. The molecule has 0 aliphatic carbocycles. The summed E-state index contributed by atoms with van der Waals surface area (Å²) in [6, 6.07) is 7.61. The maximum Gasteiger partial charge on any atom is 0.220 e. The van der Waals surface area contributed by atoms with Gasteiger partial charge in [0.2, 0.25) is 5.91 Å². The number of benzene rings is 1. The van der Waals surface area contributed by atoms with Crippen molar-refractivity contribution in [2.75, 3.05) is 12.3 Å². The van der Waals surface area contributed by atoms with Crippen LogP contribution in [0.4, 0.5) is 5.69 Å². The number of aliphatic hydroxyl groups excluding tert-OH is 1. The Morgan fingerprint density at radius 3 is 2.33 bits per heavy atom. The molecule has 118 valence electrons. The average Bonchev–Trinajstić information content (AvgIpc) is 2.37. The minimum atomic E-state index is -0.0666. The van der Waals surface area contributed by atoms with Gasteiger partial charge in [-0.2, -0.15) is 0 Å². The molecule has 4 heteroatoms. The smallest absolute Gasteiger partial charge is 0.220 e. The van der Waals surface area contributed by atoms with Gasteiger partial charge >= 0.3 is 0 Å². The Bertz CT molecular complexity index is 449. The summed E-state index contributed by atoms with van der Waals surface area (Å²) in [6.45, 7) is 8.31. The minimum absolute atomic E-state index is 0.0198. The van der Waals surface area contributed by atoms with E-state index in [-0.39, 0.29) is 29.9 Å². The summed E-state index contributed by atoms with van der Waals surface area (Å²) in [5.41, 5.74) is 7.44. The first kappa shape index (κ1) is 17.5. The zero-order valence-electron chi connectivity index (χ0n) is 13.5. The molecule has 1 amide bonds. The van der Waals surface area contributed by atoms with E-state index in [1.807, 2.05) is 31.2 Å². The highest BCUT2D eigenvalue weighted by atomic mass is 16.3. The zero-order valence-corrected chi connectivity index (χ0v) is 13.5. The number of nitrogens with one attached hydrogen (secondary N) is 1. The van der Waals surface area contributed by atoms with Crippen LogP contribution in [0.3, 0.4) is 0 Å². The summed E-state index contributed by atoms with van der Waals surface area (Å²) in [5.74, 6) is 0.160. The molecular formula is C17H28N2O2. The monoisotopic (exact) mass is 292 g/mol. The summed E-state index contributed by atoms with van der Waals surface area (Å²) in [5, 5.41) is 12.2. The number of carbonyl (C=O) groups excluding carboxylic acids is 1. The molecule has 4 nitrogen and oxygen atoms in total. The van der Waals surface area contributed by atoms with E-state index in [0.717, 1.165) is 11.3 Å². The molecule has 0 aromatic heterocycles. The van der Waals surface area contributed by atoms with Crippen molar-refractivity contribution in [1.82, 2.24) is 5.32 Å². The van der Waals surface area contributed by atoms with Crippen molar-refractivity contribution in [1.29, 1.82) is 0 Å². The Morgan fingerprint density at radius 1 is 1.29 bits per heavy atom. The highest BCUT2D eigenvalue weighted by Gasteiger charge is 2.26. The summed E-state index contributed by atoms with van der Waals surface area (Å²) in [7, 11) is 0. The molecule has 0 aliphatic heterocycles. The lowest BCUT2D eigenvalue weighted by Crippen LogP contribution is -2.44. The second-order valence-electron chi connectivity index (χ2n) is 6.77. The summed E-state index contributed by atoms with van der Waals surface area (Å²) >= 11 is 0. The molecule has 2 unspecified atom stereocenters. The Labute approximate surface area is 127 Å². The molecule has 1 aromatic rings. The number of nitrogens with two attached hydrogens (primary N) is 1. The van der Waals surface area contributed by atoms with E-state index in [0.29, 0.717) is 12.8 Å². The lowest BCUT2D eigenvalue weighted by Gasteiger charge is -2.31. The molecule has 0 radical (unpaired) electrons. The Hall–Kier alpha value is -1.55. The predicted molar refractivity (Wildman–Crippen MR) is 87.0 cm³/mol. The molecule has 0 heterocycles. The van der Waals surface area contributed by atoms with Crippen LogP contribution in [0, 0.1) is 5.41 Å². The third-order valence-corrected chi connectivity index (χ3v) is 3.80. The van der Waals surface area contributed by atoms with Crippen LogP contribution in [-0.2, 0) is 4.79 Å². The number of hydrogen-bond acceptors (Lipinski definition) is 3. The maximum atomic E-state index is 12.2. The summed E-state index contributed by atoms with van der Waals surface area (Å²) < 4.78 is 0. The molecule has 0 aliphatic rings. The molecule has 0 saturated heterocycles. The van der Waals surface area contributed by atoms with Crippen LogP contribution in [0.25, 0.3) is 0 Å². The van der Waals surface area contributed by atoms with Crippen molar-refractivity contribution in [2.45, 2.75) is 52.5 Å². The Balaban J connectivity index is 2.61. The Morgan fingerprint density at radius 2 is 1.86 bits per heavy atom. The van der Waals surface area contributed by atoms with Gasteiger partial charge in [-0.1, -0.05) is 39.8 Å². The molecule has 1 rings (SSSR count). The van der Waals surface area contributed by atoms with Gasteiger partial charge in [0.05, 0.1) is 0 Å². The number of rotatable bonds is 6. The van der Waals surface area contributed by atoms with Gasteiger partial charge in [-0.25, -0.2) is 0 Å². The van der Waals surface area contributed by atoms with E-state index in [2.05, 4.69) is 26.1 Å². The number of nitrogen functional groups attached to an aromatic ring is 1. The van der Waals surface area contributed by atoms with Gasteiger partial charge in [0, 0.05) is 24.8 Å². The normalized spacial score (nSPS) is 14.5. The third-order valence-electron chi connectivity index (χ3n) is 3.80. The van der Waals surface area contributed by atoms with E-state index in [1.54, 1.807) is 0 Å². The second kappa shape index (κ2) is 7.46. The fourth-order valence-corrected chi connectivity index (χ4v) is 2.32. The first-order chi connectivity index (χ1) is 9.74. The predicted octanol–water partition coefficient (Wildman–Crippen LogP) is 2.68. The first-order valence-electron chi connectivity index (χ1n) is 7.49. The van der Waals surface area contributed by atoms with E-state index in [4.69, 9.17) is 10.8 Å². The van der Waals surface area contributed by atoms with Gasteiger partial charge < -0.3 is 16.2 Å². The van der Waals surface area contributed by atoms with Crippen LogP contribution in [0.15, 0.2) is 24.3 Å². The molecule has 0 spiro atoms. The van der Waals surface area contributed by atoms with Crippen LogP contribution in [-0.4, -0.2) is 23.7 Å². The standard InChI is InChI=1S/C17H28N2O2/c1-12(13-5-7-14(18)8-6-13)11-16(21)19-15(9-10-20)17(2,3)4/h5-8,12,15,20H,9-11,18H2,1-4H3,(H,19,21). The van der Waals surface area contributed by atoms with Gasteiger partial charge in [-0.15, -0.1) is 0 Å². The number of amides is 1. The van der Waals surface area contributed by atoms with Gasteiger partial charge in [0.25, 0.3) is 0 Å². The minimum Gasteiger partial charge on any atom is -0.399 e. The number of aliphatic hydroxyl groups is 1. The summed E-state index contributed by atoms with van der Waals surface area (Å²) in [6.07, 6.45) is 1.01. The molecule has 0 fully saturated rings. The molecule has 0 saturated carbocycles. The summed E-state index contributed by atoms with van der Waals surface area (Å²) in [4.78, 5) is 12.2.